The molecule has 0 fully saturated rings. The van der Waals surface area contributed by atoms with Crippen LogP contribution in [0.25, 0.3) is 5.57 Å². The molecular formula is C11H9FN2O. The van der Waals surface area contributed by atoms with E-state index in [1.165, 1.54) is 24.3 Å². The highest BCUT2D eigenvalue weighted by Gasteiger charge is 2.09. The maximum Gasteiger partial charge on any atom is 0.259 e. The number of carbonyl (C=O) groups excluding carboxylic acids is 1. The van der Waals surface area contributed by atoms with E-state index >= 15 is 0 Å². The predicted octanol–water partition coefficient (Wildman–Crippen LogP) is 1.61. The minimum absolute atomic E-state index is 0.110. The maximum atomic E-state index is 12.6. The number of halogens is 1. The van der Waals surface area contributed by atoms with Gasteiger partial charge in [0.15, 0.2) is 0 Å². The minimum Gasteiger partial charge on any atom is -0.365 e. The third-order valence-corrected chi connectivity index (χ3v) is 2.01. The van der Waals surface area contributed by atoms with Crippen LogP contribution in [0, 0.1) is 17.1 Å². The van der Waals surface area contributed by atoms with Gasteiger partial charge in [-0.15, -0.1) is 0 Å². The number of hydrogen-bond acceptors (Lipinski definition) is 2. The standard InChI is InChI=1S/C11H9FN2O/c1-7(10(6-13)11(14)15)8-2-4-9(12)5-3-8/h2-5H,1H3,(H2,14,15)/b10-7+. The first-order valence-corrected chi connectivity index (χ1v) is 4.23. The molecule has 1 aromatic rings. The topological polar surface area (TPSA) is 66.9 Å². The third kappa shape index (κ3) is 2.41. The molecule has 0 atom stereocenters. The average Bonchev–Trinajstić information content (AvgIpc) is 2.19. The maximum absolute atomic E-state index is 12.6. The SMILES string of the molecule is C/C(=C(/C#N)C(N)=O)c1ccc(F)cc1. The average molecular weight is 204 g/mol. The molecule has 0 aromatic heterocycles. The summed E-state index contributed by atoms with van der Waals surface area (Å²) in [5.41, 5.74) is 5.96. The number of hydrogen-bond donors (Lipinski definition) is 1. The third-order valence-electron chi connectivity index (χ3n) is 2.01. The first-order valence-electron chi connectivity index (χ1n) is 4.23. The van der Waals surface area contributed by atoms with Crippen LogP contribution >= 0.6 is 0 Å². The van der Waals surface area contributed by atoms with Crippen molar-refractivity contribution in [2.75, 3.05) is 0 Å². The first-order chi connectivity index (χ1) is 7.06. The zero-order valence-electron chi connectivity index (χ0n) is 8.12. The van der Waals surface area contributed by atoms with Crippen molar-refractivity contribution in [1.29, 1.82) is 5.26 Å². The Morgan fingerprint density at radius 1 is 1.40 bits per heavy atom. The highest BCUT2D eigenvalue weighted by Crippen LogP contribution is 2.17. The van der Waals surface area contributed by atoms with Gasteiger partial charge in [0.25, 0.3) is 5.91 Å². The van der Waals surface area contributed by atoms with E-state index in [1.807, 2.05) is 0 Å². The van der Waals surface area contributed by atoms with Crippen molar-refractivity contribution in [2.24, 2.45) is 5.73 Å². The largest absolute Gasteiger partial charge is 0.365 e. The number of primary amides is 1. The van der Waals surface area contributed by atoms with Crippen LogP contribution in [0.4, 0.5) is 4.39 Å². The molecule has 0 unspecified atom stereocenters. The molecular weight excluding hydrogens is 195 g/mol. The zero-order valence-corrected chi connectivity index (χ0v) is 8.12. The molecule has 15 heavy (non-hydrogen) atoms. The number of nitriles is 1. The van der Waals surface area contributed by atoms with Crippen molar-refractivity contribution in [1.82, 2.24) is 0 Å². The van der Waals surface area contributed by atoms with Gasteiger partial charge in [0.2, 0.25) is 0 Å². The summed E-state index contributed by atoms with van der Waals surface area (Å²) in [5, 5.41) is 8.70. The lowest BCUT2D eigenvalue weighted by atomic mass is 10.0. The number of carbonyl (C=O) groups is 1. The number of benzene rings is 1. The Hall–Kier alpha value is -2.15. The Balaban J connectivity index is 3.24. The monoisotopic (exact) mass is 204 g/mol. The second-order valence-electron chi connectivity index (χ2n) is 2.98. The number of rotatable bonds is 2. The van der Waals surface area contributed by atoms with Gasteiger partial charge in [-0.3, -0.25) is 4.79 Å². The van der Waals surface area contributed by atoms with E-state index in [4.69, 9.17) is 11.0 Å². The minimum atomic E-state index is -0.778. The summed E-state index contributed by atoms with van der Waals surface area (Å²) in [6.07, 6.45) is 0. The van der Waals surface area contributed by atoms with Gasteiger partial charge in [-0.05, 0) is 30.2 Å². The first kappa shape index (κ1) is 10.9. The van der Waals surface area contributed by atoms with E-state index in [0.29, 0.717) is 11.1 Å². The number of allylic oxidation sites excluding steroid dienone is 1. The summed E-state index contributed by atoms with van der Waals surface area (Å²) in [7, 11) is 0. The molecule has 4 heteroatoms. The summed E-state index contributed by atoms with van der Waals surface area (Å²) in [5.74, 6) is -1.15. The van der Waals surface area contributed by atoms with E-state index in [9.17, 15) is 9.18 Å². The Bertz CT molecular complexity index is 454. The molecule has 0 saturated heterocycles. The Morgan fingerprint density at radius 2 is 1.93 bits per heavy atom. The van der Waals surface area contributed by atoms with E-state index in [2.05, 4.69) is 0 Å². The summed E-state index contributed by atoms with van der Waals surface area (Å²) in [6, 6.07) is 7.23. The molecule has 0 radical (unpaired) electrons. The molecule has 3 nitrogen and oxygen atoms in total. The molecule has 0 aliphatic heterocycles. The van der Waals surface area contributed by atoms with Gasteiger partial charge < -0.3 is 5.73 Å². The highest BCUT2D eigenvalue weighted by atomic mass is 19.1. The predicted molar refractivity (Wildman–Crippen MR) is 53.8 cm³/mol. The van der Waals surface area contributed by atoms with Gasteiger partial charge in [0.1, 0.15) is 17.5 Å². The Morgan fingerprint density at radius 3 is 2.33 bits per heavy atom. The molecule has 0 bridgehead atoms. The van der Waals surface area contributed by atoms with E-state index in [-0.39, 0.29) is 11.4 Å². The molecule has 1 amide bonds. The smallest absolute Gasteiger partial charge is 0.259 e. The number of nitrogens with zero attached hydrogens (tertiary/aromatic N) is 1. The van der Waals surface area contributed by atoms with Crippen molar-refractivity contribution in [3.8, 4) is 6.07 Å². The lowest BCUT2D eigenvalue weighted by Gasteiger charge is -2.02. The van der Waals surface area contributed by atoms with Crippen LogP contribution in [-0.2, 0) is 4.79 Å². The van der Waals surface area contributed by atoms with Gasteiger partial charge >= 0.3 is 0 Å². The van der Waals surface area contributed by atoms with E-state index < -0.39 is 5.91 Å². The van der Waals surface area contributed by atoms with Gasteiger partial charge in [-0.1, -0.05) is 12.1 Å². The highest BCUT2D eigenvalue weighted by molar-refractivity contribution is 6.03. The van der Waals surface area contributed by atoms with Gasteiger partial charge in [0, 0.05) is 0 Å². The van der Waals surface area contributed by atoms with Crippen molar-refractivity contribution < 1.29 is 9.18 Å². The van der Waals surface area contributed by atoms with Crippen LogP contribution in [0.2, 0.25) is 0 Å². The fraction of sp³-hybridized carbons (Fsp3) is 0.0909. The van der Waals surface area contributed by atoms with E-state index in [1.54, 1.807) is 13.0 Å². The van der Waals surface area contributed by atoms with Crippen molar-refractivity contribution in [3.05, 3.63) is 41.2 Å². The van der Waals surface area contributed by atoms with Gasteiger partial charge in [0.05, 0.1) is 0 Å². The van der Waals surface area contributed by atoms with Gasteiger partial charge in [-0.25, -0.2) is 4.39 Å². The summed E-state index contributed by atoms with van der Waals surface area (Å²) in [4.78, 5) is 10.9. The normalized spacial score (nSPS) is 11.5. The fourth-order valence-corrected chi connectivity index (χ4v) is 1.17. The Kier molecular flexibility index (Phi) is 3.19. The molecule has 0 spiro atoms. The van der Waals surface area contributed by atoms with Crippen molar-refractivity contribution >= 4 is 11.5 Å². The number of amides is 1. The van der Waals surface area contributed by atoms with E-state index in [0.717, 1.165) is 0 Å². The number of nitrogens with two attached hydrogens (primary N) is 1. The summed E-state index contributed by atoms with van der Waals surface area (Å²) in [6.45, 7) is 1.59. The van der Waals surface area contributed by atoms with Crippen LogP contribution in [0.5, 0.6) is 0 Å². The molecule has 76 valence electrons. The zero-order chi connectivity index (χ0) is 11.4. The quantitative estimate of drug-likeness (QED) is 0.587. The molecule has 0 aliphatic rings. The second kappa shape index (κ2) is 4.38. The second-order valence-corrected chi connectivity index (χ2v) is 2.98. The molecule has 1 rings (SSSR count). The lowest BCUT2D eigenvalue weighted by molar-refractivity contribution is -0.114. The lowest BCUT2D eigenvalue weighted by Crippen LogP contribution is -2.13. The van der Waals surface area contributed by atoms with Crippen LogP contribution in [0.3, 0.4) is 0 Å². The molecule has 0 heterocycles. The molecule has 1 aromatic carbocycles. The molecule has 2 N–H and O–H groups in total. The molecule has 0 aliphatic carbocycles. The van der Waals surface area contributed by atoms with Gasteiger partial charge in [-0.2, -0.15) is 5.26 Å². The van der Waals surface area contributed by atoms with Crippen LogP contribution in [0.15, 0.2) is 29.8 Å². The van der Waals surface area contributed by atoms with Crippen molar-refractivity contribution in [2.45, 2.75) is 6.92 Å². The Labute approximate surface area is 86.6 Å². The molecule has 0 saturated carbocycles. The van der Waals surface area contributed by atoms with Crippen LogP contribution in [0.1, 0.15) is 12.5 Å². The summed E-state index contributed by atoms with van der Waals surface area (Å²) < 4.78 is 12.6. The van der Waals surface area contributed by atoms with Crippen LogP contribution < -0.4 is 5.73 Å². The van der Waals surface area contributed by atoms with Crippen molar-refractivity contribution in [3.63, 3.8) is 0 Å². The van der Waals surface area contributed by atoms with Crippen LogP contribution in [-0.4, -0.2) is 5.91 Å². The fourth-order valence-electron chi connectivity index (χ4n) is 1.17. The summed E-state index contributed by atoms with van der Waals surface area (Å²) >= 11 is 0.